The maximum absolute atomic E-state index is 10.7. The monoisotopic (exact) mass is 389 g/mol. The van der Waals surface area contributed by atoms with Crippen molar-refractivity contribution in [3.8, 4) is 0 Å². The van der Waals surface area contributed by atoms with Gasteiger partial charge in [0.2, 0.25) is 0 Å². The summed E-state index contributed by atoms with van der Waals surface area (Å²) in [5, 5.41) is 42.1. The molecule has 1 fully saturated rings. The number of oxime groups is 1. The topological polar surface area (TPSA) is 166 Å². The van der Waals surface area contributed by atoms with E-state index in [2.05, 4.69) is 9.44 Å². The van der Waals surface area contributed by atoms with E-state index in [9.17, 15) is 23.7 Å². The third kappa shape index (κ3) is 6.44. The quantitative estimate of drug-likeness (QED) is 0.159. The minimum Gasteiger partial charge on any atom is -0.394 e. The number of thioether (sulfide) groups is 1. The highest BCUT2D eigenvalue weighted by Crippen LogP contribution is 2.31. The normalized spacial score (nSPS) is 33.3. The molecule has 5 N–H and O–H groups in total. The summed E-state index contributed by atoms with van der Waals surface area (Å²) in [6.07, 6.45) is -4.62. The highest BCUT2D eigenvalue weighted by Gasteiger charge is 2.44. The molecule has 0 radical (unpaired) electrons. The van der Waals surface area contributed by atoms with Crippen LogP contribution in [-0.2, 0) is 19.4 Å². The van der Waals surface area contributed by atoms with Crippen LogP contribution in [0.15, 0.2) is 5.16 Å². The fourth-order valence-electron chi connectivity index (χ4n) is 1.94. The second-order valence-corrected chi connectivity index (χ2v) is 7.70. The van der Waals surface area contributed by atoms with Crippen LogP contribution in [-0.4, -0.2) is 74.9 Å². The van der Waals surface area contributed by atoms with Gasteiger partial charge < -0.3 is 25.2 Å². The van der Waals surface area contributed by atoms with Crippen molar-refractivity contribution in [1.82, 2.24) is 0 Å². The Balaban J connectivity index is 2.91. The Labute approximate surface area is 144 Å². The lowest BCUT2D eigenvalue weighted by atomic mass is 10.0. The second-order valence-electron chi connectivity index (χ2n) is 5.52. The molecular formula is C12H23NO9S2. The van der Waals surface area contributed by atoms with Crippen molar-refractivity contribution in [3.63, 3.8) is 0 Å². The van der Waals surface area contributed by atoms with Crippen LogP contribution in [0.4, 0.5) is 0 Å². The van der Waals surface area contributed by atoms with Crippen molar-refractivity contribution in [3.05, 3.63) is 0 Å². The molecule has 142 valence electrons. The van der Waals surface area contributed by atoms with Crippen molar-refractivity contribution in [2.45, 2.75) is 56.5 Å². The van der Waals surface area contributed by atoms with Crippen LogP contribution in [0.1, 0.15) is 26.7 Å². The lowest BCUT2D eigenvalue weighted by Crippen LogP contribution is -2.57. The van der Waals surface area contributed by atoms with Crippen LogP contribution < -0.4 is 0 Å². The van der Waals surface area contributed by atoms with E-state index < -0.39 is 46.9 Å². The first-order chi connectivity index (χ1) is 11.1. The molecule has 0 aromatic carbocycles. The van der Waals surface area contributed by atoms with E-state index in [0.717, 1.165) is 18.2 Å². The van der Waals surface area contributed by atoms with E-state index >= 15 is 0 Å². The van der Waals surface area contributed by atoms with Gasteiger partial charge in [0.1, 0.15) is 34.9 Å². The van der Waals surface area contributed by atoms with Gasteiger partial charge in [0, 0.05) is 6.42 Å². The van der Waals surface area contributed by atoms with Crippen molar-refractivity contribution in [2.24, 2.45) is 11.1 Å². The number of hydrogen-bond acceptors (Lipinski definition) is 10. The van der Waals surface area contributed by atoms with Gasteiger partial charge in [0.15, 0.2) is 0 Å². The minimum atomic E-state index is -4.78. The molecule has 0 spiro atoms. The van der Waals surface area contributed by atoms with Gasteiger partial charge in [-0.05, 0) is 5.92 Å². The van der Waals surface area contributed by atoms with Crippen molar-refractivity contribution in [2.75, 3.05) is 6.61 Å². The highest BCUT2D eigenvalue weighted by molar-refractivity contribution is 8.14. The second kappa shape index (κ2) is 9.29. The first-order valence-corrected chi connectivity index (χ1v) is 9.53. The molecule has 10 nitrogen and oxygen atoms in total. The summed E-state index contributed by atoms with van der Waals surface area (Å²) < 4.78 is 39.3. The molecule has 1 saturated heterocycles. The summed E-state index contributed by atoms with van der Waals surface area (Å²) in [6.45, 7) is 3.20. The fourth-order valence-corrected chi connectivity index (χ4v) is 3.40. The maximum atomic E-state index is 10.7. The van der Waals surface area contributed by atoms with Gasteiger partial charge in [-0.1, -0.05) is 37.2 Å². The lowest BCUT2D eigenvalue weighted by molar-refractivity contribution is -0.205. The predicted octanol–water partition coefficient (Wildman–Crippen LogP) is -0.911. The summed E-state index contributed by atoms with van der Waals surface area (Å²) in [6, 6.07) is 0. The molecule has 1 aliphatic heterocycles. The molecule has 0 saturated carbocycles. The van der Waals surface area contributed by atoms with Gasteiger partial charge in [0.05, 0.1) is 6.61 Å². The predicted molar refractivity (Wildman–Crippen MR) is 85.5 cm³/mol. The summed E-state index contributed by atoms with van der Waals surface area (Å²) in [7, 11) is -4.78. The molecule has 1 heterocycles. The molecule has 1 rings (SSSR count). The van der Waals surface area contributed by atoms with Crippen LogP contribution in [0.3, 0.4) is 0 Å². The molecule has 0 amide bonds. The Kier molecular flexibility index (Phi) is 8.35. The van der Waals surface area contributed by atoms with Crippen LogP contribution >= 0.6 is 11.8 Å². The lowest BCUT2D eigenvalue weighted by Gasteiger charge is -2.39. The third-order valence-electron chi connectivity index (χ3n) is 3.55. The molecule has 0 aromatic heterocycles. The Bertz CT molecular complexity index is 525. The van der Waals surface area contributed by atoms with Crippen molar-refractivity contribution >= 4 is 27.2 Å². The summed E-state index contributed by atoms with van der Waals surface area (Å²) in [5.74, 6) is 0.0890. The smallest absolute Gasteiger partial charge is 0.394 e. The zero-order valence-electron chi connectivity index (χ0n) is 13.2. The maximum Gasteiger partial charge on any atom is 0.466 e. The first kappa shape index (κ1) is 21.6. The first-order valence-electron chi connectivity index (χ1n) is 7.29. The van der Waals surface area contributed by atoms with E-state index in [4.69, 9.17) is 14.4 Å². The van der Waals surface area contributed by atoms with Crippen LogP contribution in [0.25, 0.3) is 0 Å². The molecular weight excluding hydrogens is 366 g/mol. The average Bonchev–Trinajstić information content (AvgIpc) is 2.52. The van der Waals surface area contributed by atoms with Crippen LogP contribution in [0.2, 0.25) is 0 Å². The van der Waals surface area contributed by atoms with Gasteiger partial charge in [-0.2, -0.15) is 8.42 Å². The molecule has 6 atom stereocenters. The highest BCUT2D eigenvalue weighted by atomic mass is 32.3. The molecule has 0 aromatic rings. The average molecular weight is 389 g/mol. The van der Waals surface area contributed by atoms with Gasteiger partial charge in [0.25, 0.3) is 0 Å². The van der Waals surface area contributed by atoms with Crippen LogP contribution in [0.5, 0.6) is 0 Å². The summed E-state index contributed by atoms with van der Waals surface area (Å²) >= 11 is 0.778. The zero-order chi connectivity index (χ0) is 18.5. The molecule has 0 bridgehead atoms. The number of aliphatic hydroxyl groups excluding tert-OH is 4. The zero-order valence-corrected chi connectivity index (χ0v) is 14.9. The minimum absolute atomic E-state index is 0.0890. The van der Waals surface area contributed by atoms with Gasteiger partial charge in [-0.25, -0.2) is 4.28 Å². The molecule has 1 aliphatic rings. The number of nitrogens with zero attached hydrogens (tertiary/aromatic N) is 1. The Morgan fingerprint density at radius 1 is 1.29 bits per heavy atom. The van der Waals surface area contributed by atoms with Crippen molar-refractivity contribution < 1.29 is 42.4 Å². The van der Waals surface area contributed by atoms with Gasteiger partial charge >= 0.3 is 10.4 Å². The standard InChI is InChI=1S/C12H23NO9S2/c1-3-6(2)4-8(13-22-24(18,19)20)23-12-11(17)10(16)9(15)7(5-14)21-12/h6-7,9-12,14-17H,3-5H2,1-2H3,(H,18,19,20)/b13-8+/t6-,7+,9+,10-,11+,12-/m0/s1. The van der Waals surface area contributed by atoms with Crippen LogP contribution in [0, 0.1) is 5.92 Å². The number of rotatable bonds is 7. The Morgan fingerprint density at radius 3 is 2.42 bits per heavy atom. The molecule has 12 heteroatoms. The largest absolute Gasteiger partial charge is 0.466 e. The Morgan fingerprint density at radius 2 is 1.92 bits per heavy atom. The molecule has 0 aliphatic carbocycles. The molecule has 0 unspecified atom stereocenters. The summed E-state index contributed by atoms with van der Waals surface area (Å²) in [4.78, 5) is 0. The SMILES string of the molecule is CC[C@H](C)C/C(=N\OS(=O)(=O)O)S[C@@H]1O[C@H](CO)[C@@H](O)[C@H](O)[C@H]1O. The third-order valence-corrected chi connectivity index (χ3v) is 4.95. The van der Waals surface area contributed by atoms with E-state index in [1.807, 2.05) is 13.8 Å². The van der Waals surface area contributed by atoms with Gasteiger partial charge in [-0.15, -0.1) is 0 Å². The van der Waals surface area contributed by atoms with E-state index in [-0.39, 0.29) is 17.4 Å². The fraction of sp³-hybridized carbons (Fsp3) is 0.917. The number of hydrogen-bond donors (Lipinski definition) is 5. The number of ether oxygens (including phenoxy) is 1. The van der Waals surface area contributed by atoms with Crippen molar-refractivity contribution in [1.29, 1.82) is 0 Å². The van der Waals surface area contributed by atoms with E-state index in [1.165, 1.54) is 0 Å². The van der Waals surface area contributed by atoms with E-state index in [1.54, 1.807) is 0 Å². The van der Waals surface area contributed by atoms with E-state index in [0.29, 0.717) is 0 Å². The number of aliphatic hydroxyl groups is 4. The molecule has 24 heavy (non-hydrogen) atoms. The Hall–Kier alpha value is -0.470. The van der Waals surface area contributed by atoms with Gasteiger partial charge in [-0.3, -0.25) is 4.55 Å². The summed E-state index contributed by atoms with van der Waals surface area (Å²) in [5.41, 5.74) is -1.12.